The Hall–Kier alpha value is -1.47. The monoisotopic (exact) mass is 347 g/mol. The Bertz CT molecular complexity index is 609. The summed E-state index contributed by atoms with van der Waals surface area (Å²) in [6, 6.07) is 2.72. The number of aromatic amines is 1. The predicted octanol–water partition coefficient (Wildman–Crippen LogP) is 3.20. The number of rotatable bonds is 3. The number of nitrogens with one attached hydrogen (secondary N) is 1. The minimum atomic E-state index is -0.627. The van der Waals surface area contributed by atoms with Gasteiger partial charge < -0.3 is 4.74 Å². The molecule has 0 saturated carbocycles. The Balaban J connectivity index is 2.49. The summed E-state index contributed by atoms with van der Waals surface area (Å²) in [5.74, 6) is -1.25. The van der Waals surface area contributed by atoms with Gasteiger partial charge in [0.25, 0.3) is 0 Å². The molecule has 0 amide bonds. The molecule has 0 atom stereocenters. The SMILES string of the molecule is CCOC(=O)c1n[nH]nc1-c1cc(F)c(Cl)c(Br)c1. The molecule has 0 saturated heterocycles. The van der Waals surface area contributed by atoms with Crippen LogP contribution in [0.1, 0.15) is 17.4 Å². The first-order chi connectivity index (χ1) is 9.04. The van der Waals surface area contributed by atoms with Gasteiger partial charge in [-0.1, -0.05) is 11.6 Å². The summed E-state index contributed by atoms with van der Waals surface area (Å²) < 4.78 is 18.8. The van der Waals surface area contributed by atoms with Gasteiger partial charge in [-0.05, 0) is 35.0 Å². The van der Waals surface area contributed by atoms with Gasteiger partial charge in [-0.25, -0.2) is 9.18 Å². The summed E-state index contributed by atoms with van der Waals surface area (Å²) in [6.45, 7) is 1.89. The van der Waals surface area contributed by atoms with Gasteiger partial charge in [-0.2, -0.15) is 10.3 Å². The first kappa shape index (κ1) is 14.0. The number of benzene rings is 1. The average molecular weight is 349 g/mol. The molecule has 19 heavy (non-hydrogen) atoms. The summed E-state index contributed by atoms with van der Waals surface area (Å²) in [5.41, 5.74) is 0.566. The van der Waals surface area contributed by atoms with E-state index in [-0.39, 0.29) is 23.0 Å². The molecule has 2 aromatic rings. The van der Waals surface area contributed by atoms with Crippen molar-refractivity contribution in [2.75, 3.05) is 6.61 Å². The number of nitrogens with zero attached hydrogens (tertiary/aromatic N) is 2. The van der Waals surface area contributed by atoms with E-state index < -0.39 is 11.8 Å². The van der Waals surface area contributed by atoms with Crippen molar-refractivity contribution in [3.8, 4) is 11.3 Å². The molecule has 1 aromatic carbocycles. The molecule has 8 heteroatoms. The van der Waals surface area contributed by atoms with Crippen LogP contribution in [0.3, 0.4) is 0 Å². The standard InChI is InChI=1S/C11H8BrClFN3O2/c1-2-19-11(18)10-9(15-17-16-10)5-3-6(12)8(13)7(14)4-5/h3-4H,2H2,1H3,(H,15,16,17). The number of hydrogen-bond acceptors (Lipinski definition) is 4. The molecule has 0 aliphatic rings. The fourth-order valence-corrected chi connectivity index (χ4v) is 2.01. The lowest BCUT2D eigenvalue weighted by molar-refractivity contribution is 0.0520. The second kappa shape index (κ2) is 5.66. The third-order valence-corrected chi connectivity index (χ3v) is 3.51. The van der Waals surface area contributed by atoms with E-state index in [2.05, 4.69) is 31.3 Å². The second-order valence-corrected chi connectivity index (χ2v) is 4.73. The van der Waals surface area contributed by atoms with E-state index in [4.69, 9.17) is 16.3 Å². The lowest BCUT2D eigenvalue weighted by atomic mass is 10.1. The van der Waals surface area contributed by atoms with Gasteiger partial charge in [0, 0.05) is 10.0 Å². The summed E-state index contributed by atoms with van der Waals surface area (Å²) in [4.78, 5) is 11.7. The zero-order chi connectivity index (χ0) is 14.0. The van der Waals surface area contributed by atoms with Crippen LogP contribution < -0.4 is 0 Å². The van der Waals surface area contributed by atoms with E-state index in [1.54, 1.807) is 13.0 Å². The smallest absolute Gasteiger partial charge is 0.361 e. The first-order valence-corrected chi connectivity index (χ1v) is 6.44. The van der Waals surface area contributed by atoms with E-state index in [1.165, 1.54) is 6.07 Å². The van der Waals surface area contributed by atoms with Gasteiger partial charge in [0.2, 0.25) is 0 Å². The zero-order valence-corrected chi connectivity index (χ0v) is 12.0. The predicted molar refractivity (Wildman–Crippen MR) is 70.4 cm³/mol. The number of ether oxygens (including phenoxy) is 1. The van der Waals surface area contributed by atoms with E-state index in [0.29, 0.717) is 10.0 Å². The Labute approximate surface area is 121 Å². The van der Waals surface area contributed by atoms with Crippen molar-refractivity contribution >= 4 is 33.5 Å². The largest absolute Gasteiger partial charge is 0.461 e. The Morgan fingerprint density at radius 3 is 2.89 bits per heavy atom. The summed E-state index contributed by atoms with van der Waals surface area (Å²) in [6.07, 6.45) is 0. The minimum absolute atomic E-state index is 0.00419. The number of carbonyl (C=O) groups is 1. The van der Waals surface area contributed by atoms with Gasteiger partial charge in [-0.15, -0.1) is 5.10 Å². The summed E-state index contributed by atoms with van der Waals surface area (Å²) in [7, 11) is 0. The fraction of sp³-hybridized carbons (Fsp3) is 0.182. The highest BCUT2D eigenvalue weighted by molar-refractivity contribution is 9.10. The topological polar surface area (TPSA) is 67.9 Å². The highest BCUT2D eigenvalue weighted by Gasteiger charge is 2.20. The van der Waals surface area contributed by atoms with Crippen molar-refractivity contribution in [1.29, 1.82) is 0 Å². The van der Waals surface area contributed by atoms with Crippen LogP contribution in [-0.4, -0.2) is 28.0 Å². The van der Waals surface area contributed by atoms with Crippen LogP contribution in [0.25, 0.3) is 11.3 Å². The fourth-order valence-electron chi connectivity index (χ4n) is 1.47. The van der Waals surface area contributed by atoms with E-state index >= 15 is 0 Å². The molecule has 0 spiro atoms. The number of esters is 1. The molecular formula is C11H8BrClFN3O2. The van der Waals surface area contributed by atoms with Crippen molar-refractivity contribution in [1.82, 2.24) is 15.4 Å². The van der Waals surface area contributed by atoms with Crippen LogP contribution in [0, 0.1) is 5.82 Å². The number of aromatic nitrogens is 3. The third kappa shape index (κ3) is 2.76. The lowest BCUT2D eigenvalue weighted by Crippen LogP contribution is -2.06. The van der Waals surface area contributed by atoms with E-state index in [9.17, 15) is 9.18 Å². The van der Waals surface area contributed by atoms with Crippen LogP contribution in [0.2, 0.25) is 5.02 Å². The highest BCUT2D eigenvalue weighted by atomic mass is 79.9. The average Bonchev–Trinajstić information content (AvgIpc) is 2.84. The maximum absolute atomic E-state index is 13.6. The maximum atomic E-state index is 13.6. The summed E-state index contributed by atoms with van der Waals surface area (Å²) >= 11 is 8.83. The first-order valence-electron chi connectivity index (χ1n) is 5.27. The van der Waals surface area contributed by atoms with Gasteiger partial charge in [0.15, 0.2) is 5.69 Å². The zero-order valence-electron chi connectivity index (χ0n) is 9.71. The third-order valence-electron chi connectivity index (χ3n) is 2.27. The molecule has 0 fully saturated rings. The number of H-pyrrole nitrogens is 1. The molecule has 1 N–H and O–H groups in total. The Morgan fingerprint density at radius 2 is 2.26 bits per heavy atom. The quantitative estimate of drug-likeness (QED) is 0.683. The molecule has 0 bridgehead atoms. The minimum Gasteiger partial charge on any atom is -0.461 e. The Kier molecular flexibility index (Phi) is 4.16. The maximum Gasteiger partial charge on any atom is 0.361 e. The van der Waals surface area contributed by atoms with Crippen LogP contribution in [0.4, 0.5) is 4.39 Å². The molecule has 1 aromatic heterocycles. The molecule has 5 nitrogen and oxygen atoms in total. The second-order valence-electron chi connectivity index (χ2n) is 3.50. The molecule has 0 unspecified atom stereocenters. The van der Waals surface area contributed by atoms with Crippen molar-refractivity contribution in [3.63, 3.8) is 0 Å². The van der Waals surface area contributed by atoms with E-state index in [1.807, 2.05) is 0 Å². The van der Waals surface area contributed by atoms with Crippen molar-refractivity contribution in [2.45, 2.75) is 6.92 Å². The molecule has 100 valence electrons. The lowest BCUT2D eigenvalue weighted by Gasteiger charge is -2.04. The summed E-state index contributed by atoms with van der Waals surface area (Å²) in [5, 5.41) is 9.83. The van der Waals surface area contributed by atoms with Crippen molar-refractivity contribution in [2.24, 2.45) is 0 Å². The van der Waals surface area contributed by atoms with Crippen LogP contribution >= 0.6 is 27.5 Å². The molecule has 1 heterocycles. The highest BCUT2D eigenvalue weighted by Crippen LogP contribution is 2.31. The van der Waals surface area contributed by atoms with Gasteiger partial charge >= 0.3 is 5.97 Å². The normalized spacial score (nSPS) is 10.5. The van der Waals surface area contributed by atoms with Gasteiger partial charge in [0.05, 0.1) is 11.6 Å². The Morgan fingerprint density at radius 1 is 1.53 bits per heavy atom. The van der Waals surface area contributed by atoms with Crippen molar-refractivity contribution in [3.05, 3.63) is 33.1 Å². The molecule has 0 aliphatic heterocycles. The molecular weight excluding hydrogens is 340 g/mol. The number of carbonyl (C=O) groups excluding carboxylic acids is 1. The molecule has 2 rings (SSSR count). The van der Waals surface area contributed by atoms with Gasteiger partial charge in [0.1, 0.15) is 11.5 Å². The van der Waals surface area contributed by atoms with Crippen molar-refractivity contribution < 1.29 is 13.9 Å². The van der Waals surface area contributed by atoms with Crippen LogP contribution in [-0.2, 0) is 4.74 Å². The van der Waals surface area contributed by atoms with Crippen LogP contribution in [0.5, 0.6) is 0 Å². The number of halogens is 3. The molecule has 0 aliphatic carbocycles. The van der Waals surface area contributed by atoms with Crippen LogP contribution in [0.15, 0.2) is 16.6 Å². The number of hydrogen-bond donors (Lipinski definition) is 1. The van der Waals surface area contributed by atoms with Gasteiger partial charge in [-0.3, -0.25) is 0 Å². The van der Waals surface area contributed by atoms with E-state index in [0.717, 1.165) is 0 Å². The molecule has 0 radical (unpaired) electrons.